The van der Waals surface area contributed by atoms with Gasteiger partial charge in [0.25, 0.3) is 0 Å². The molecule has 0 nitrogen and oxygen atoms in total. The topological polar surface area (TPSA) is 0 Å². The molecule has 1 aromatic rings. The molecule has 0 saturated heterocycles. The van der Waals surface area contributed by atoms with Crippen molar-refractivity contribution in [2.45, 2.75) is 13.3 Å². The highest BCUT2D eigenvalue weighted by atomic mass is 14.8. The lowest BCUT2D eigenvalue weighted by Crippen LogP contribution is -2.04. The molecule has 0 heteroatoms. The largest absolute Gasteiger partial charge is 0.0655 e. The third kappa shape index (κ3) is 0.661. The first-order chi connectivity index (χ1) is 7.88. The lowest BCUT2D eigenvalue weighted by Gasteiger charge is -2.17. The minimum Gasteiger partial charge on any atom is -0.0655 e. The summed E-state index contributed by atoms with van der Waals surface area (Å²) < 4.78 is 0. The van der Waals surface area contributed by atoms with Crippen LogP contribution in [-0.4, -0.2) is 0 Å². The Kier molecular flexibility index (Phi) is 1.16. The highest BCUT2D eigenvalue weighted by molar-refractivity contribution is 5.77. The molecule has 0 spiro atoms. The van der Waals surface area contributed by atoms with E-state index in [-0.39, 0.29) is 0 Å². The minimum absolute atomic E-state index is 0.961. The molecule has 16 heavy (non-hydrogen) atoms. The zero-order valence-electron chi connectivity index (χ0n) is 9.56. The van der Waals surface area contributed by atoms with Crippen molar-refractivity contribution >= 4 is 5.57 Å². The van der Waals surface area contributed by atoms with Crippen molar-refractivity contribution in [3.63, 3.8) is 0 Å². The molecular formula is C16H16. The summed E-state index contributed by atoms with van der Waals surface area (Å²) in [5, 5.41) is 0. The van der Waals surface area contributed by atoms with Crippen LogP contribution < -0.4 is 0 Å². The van der Waals surface area contributed by atoms with Crippen LogP contribution in [0, 0.1) is 35.5 Å². The Balaban J connectivity index is 1.71. The molecule has 80 valence electrons. The molecule has 6 rings (SSSR count). The van der Waals surface area contributed by atoms with E-state index < -0.39 is 0 Å². The molecule has 0 aliphatic heterocycles. The van der Waals surface area contributed by atoms with E-state index in [2.05, 4.69) is 37.3 Å². The molecule has 5 aliphatic carbocycles. The van der Waals surface area contributed by atoms with Crippen LogP contribution in [0.25, 0.3) is 5.57 Å². The van der Waals surface area contributed by atoms with Gasteiger partial charge in [-0.15, -0.1) is 0 Å². The fraction of sp³-hybridized carbons (Fsp3) is 0.500. The van der Waals surface area contributed by atoms with E-state index in [1.54, 1.807) is 17.6 Å². The van der Waals surface area contributed by atoms with Gasteiger partial charge in [0, 0.05) is 0 Å². The molecule has 4 saturated carbocycles. The van der Waals surface area contributed by atoms with E-state index in [1.807, 2.05) is 0 Å². The number of allylic oxidation sites excluding steroid dienone is 2. The number of benzene rings is 1. The molecule has 0 aromatic heterocycles. The summed E-state index contributed by atoms with van der Waals surface area (Å²) in [6.07, 6.45) is 1.55. The van der Waals surface area contributed by atoms with E-state index in [0.29, 0.717) is 0 Å². The third-order valence-corrected chi connectivity index (χ3v) is 5.93. The molecule has 1 aromatic carbocycles. The van der Waals surface area contributed by atoms with Gasteiger partial charge in [-0.05, 0) is 60.0 Å². The van der Waals surface area contributed by atoms with E-state index in [1.165, 1.54) is 5.56 Å². The molecular weight excluding hydrogens is 192 g/mol. The molecule has 4 fully saturated rings. The Morgan fingerprint density at radius 3 is 2.38 bits per heavy atom. The first-order valence-corrected chi connectivity index (χ1v) is 6.64. The van der Waals surface area contributed by atoms with Crippen molar-refractivity contribution in [3.05, 3.63) is 41.5 Å². The molecule has 0 radical (unpaired) electrons. The Hall–Kier alpha value is -1.04. The standard InChI is InChI=1S/C16H16/c1-8-12(9-5-3-2-4-6-9)14-10-7-11-15(13(8)10)16(11)14/h2-6,10-11,13-16H,7H2,1H3/t10?,11?,13-,14-,15+,16-/m1/s1. The van der Waals surface area contributed by atoms with Crippen LogP contribution in [-0.2, 0) is 0 Å². The first kappa shape index (κ1) is 8.11. The average molecular weight is 208 g/mol. The molecule has 0 N–H and O–H groups in total. The normalized spacial score (nSPS) is 50.3. The Morgan fingerprint density at radius 1 is 0.938 bits per heavy atom. The second-order valence-corrected chi connectivity index (χ2v) is 6.23. The van der Waals surface area contributed by atoms with Gasteiger partial charge in [0.1, 0.15) is 0 Å². The van der Waals surface area contributed by atoms with Gasteiger partial charge in [-0.1, -0.05) is 35.9 Å². The van der Waals surface area contributed by atoms with E-state index in [4.69, 9.17) is 0 Å². The highest BCUT2D eigenvalue weighted by Crippen LogP contribution is 2.82. The van der Waals surface area contributed by atoms with Gasteiger partial charge < -0.3 is 0 Å². The zero-order valence-corrected chi connectivity index (χ0v) is 9.56. The van der Waals surface area contributed by atoms with Crippen LogP contribution in [0.4, 0.5) is 0 Å². The number of hydrogen-bond acceptors (Lipinski definition) is 0. The monoisotopic (exact) mass is 208 g/mol. The van der Waals surface area contributed by atoms with Gasteiger partial charge in [0.05, 0.1) is 0 Å². The first-order valence-electron chi connectivity index (χ1n) is 6.64. The van der Waals surface area contributed by atoms with Gasteiger partial charge in [0.15, 0.2) is 0 Å². The lowest BCUT2D eigenvalue weighted by molar-refractivity contribution is 0.464. The van der Waals surface area contributed by atoms with Gasteiger partial charge >= 0.3 is 0 Å². The molecule has 2 unspecified atom stereocenters. The molecule has 5 aliphatic rings. The Labute approximate surface area is 96.4 Å². The van der Waals surface area contributed by atoms with Gasteiger partial charge in [-0.25, -0.2) is 0 Å². The summed E-state index contributed by atoms with van der Waals surface area (Å²) in [5.41, 5.74) is 5.02. The summed E-state index contributed by atoms with van der Waals surface area (Å²) in [7, 11) is 0. The van der Waals surface area contributed by atoms with Crippen LogP contribution in [0.2, 0.25) is 0 Å². The maximum Gasteiger partial charge on any atom is -0.00881 e. The van der Waals surface area contributed by atoms with Crippen molar-refractivity contribution in [2.24, 2.45) is 35.5 Å². The van der Waals surface area contributed by atoms with E-state index in [0.717, 1.165) is 35.5 Å². The van der Waals surface area contributed by atoms with Crippen LogP contribution in [0.15, 0.2) is 35.9 Å². The second kappa shape index (κ2) is 2.30. The molecule has 0 amide bonds. The van der Waals surface area contributed by atoms with Crippen molar-refractivity contribution in [1.29, 1.82) is 0 Å². The summed E-state index contributed by atoms with van der Waals surface area (Å²) in [6.45, 7) is 2.41. The van der Waals surface area contributed by atoms with Gasteiger partial charge in [-0.2, -0.15) is 0 Å². The molecule has 6 atom stereocenters. The summed E-state index contributed by atoms with van der Waals surface area (Å²) >= 11 is 0. The van der Waals surface area contributed by atoms with Crippen molar-refractivity contribution in [2.75, 3.05) is 0 Å². The number of rotatable bonds is 1. The zero-order chi connectivity index (χ0) is 10.4. The third-order valence-electron chi connectivity index (χ3n) is 5.93. The average Bonchev–Trinajstić information content (AvgIpc) is 2.70. The van der Waals surface area contributed by atoms with E-state index >= 15 is 0 Å². The predicted molar refractivity (Wildman–Crippen MR) is 64.6 cm³/mol. The van der Waals surface area contributed by atoms with Gasteiger partial charge in [0.2, 0.25) is 0 Å². The smallest absolute Gasteiger partial charge is 0.00881 e. The molecule has 6 bridgehead atoms. The van der Waals surface area contributed by atoms with Crippen molar-refractivity contribution in [1.82, 2.24) is 0 Å². The minimum atomic E-state index is 0.961. The van der Waals surface area contributed by atoms with Crippen LogP contribution >= 0.6 is 0 Å². The maximum absolute atomic E-state index is 2.41. The molecule has 0 heterocycles. The van der Waals surface area contributed by atoms with Crippen LogP contribution in [0.1, 0.15) is 18.9 Å². The fourth-order valence-electron chi connectivity index (χ4n) is 5.65. The Bertz CT molecular complexity index is 510. The second-order valence-electron chi connectivity index (χ2n) is 6.23. The number of hydrogen-bond donors (Lipinski definition) is 0. The summed E-state index contributed by atoms with van der Waals surface area (Å²) in [5.74, 6) is 6.38. The van der Waals surface area contributed by atoms with Gasteiger partial charge in [-0.3, -0.25) is 0 Å². The van der Waals surface area contributed by atoms with Crippen molar-refractivity contribution < 1.29 is 0 Å². The predicted octanol–water partition coefficient (Wildman–Crippen LogP) is 3.60. The summed E-state index contributed by atoms with van der Waals surface area (Å²) in [6, 6.07) is 11.1. The fourth-order valence-corrected chi connectivity index (χ4v) is 5.65. The summed E-state index contributed by atoms with van der Waals surface area (Å²) in [4.78, 5) is 0. The SMILES string of the molecule is CC1=C(c2ccccc2)[C@H]2C3CC4[C@H]([C@H]42)[C@H]13. The highest BCUT2D eigenvalue weighted by Gasteiger charge is 2.76. The van der Waals surface area contributed by atoms with E-state index in [9.17, 15) is 0 Å². The van der Waals surface area contributed by atoms with Crippen LogP contribution in [0.5, 0.6) is 0 Å². The van der Waals surface area contributed by atoms with Crippen LogP contribution in [0.3, 0.4) is 0 Å². The maximum atomic E-state index is 2.41. The Morgan fingerprint density at radius 2 is 1.69 bits per heavy atom. The van der Waals surface area contributed by atoms with Crippen molar-refractivity contribution in [3.8, 4) is 0 Å². The lowest BCUT2D eigenvalue weighted by atomic mass is 9.88. The quantitative estimate of drug-likeness (QED) is 0.661.